The maximum Gasteiger partial charge on any atom is 0.178 e. The number of likely N-dealkylation sites (tertiary alicyclic amines) is 1. The predicted molar refractivity (Wildman–Crippen MR) is 87.5 cm³/mol. The monoisotopic (exact) mass is 303 g/mol. The van der Waals surface area contributed by atoms with Crippen molar-refractivity contribution in [2.75, 3.05) is 13.1 Å². The number of hydrogen-bond acceptors (Lipinski definition) is 5. The lowest BCUT2D eigenvalue weighted by Gasteiger charge is -2.39. The zero-order valence-electron chi connectivity index (χ0n) is 12.7. The Kier molecular flexibility index (Phi) is 3.78. The molecule has 4 rings (SSSR count). The fourth-order valence-electron chi connectivity index (χ4n) is 2.85. The van der Waals surface area contributed by atoms with E-state index in [1.54, 1.807) is 6.20 Å². The molecule has 3 aromatic rings. The Labute approximate surface area is 135 Å². The van der Waals surface area contributed by atoms with Crippen LogP contribution in [0.2, 0.25) is 0 Å². The number of aromatic nitrogens is 4. The van der Waals surface area contributed by atoms with Gasteiger partial charge in [-0.25, -0.2) is 9.97 Å². The topological polar surface area (TPSA) is 54.8 Å². The Hall–Kier alpha value is -2.66. The molecule has 0 unspecified atom stereocenters. The third-order valence-corrected chi connectivity index (χ3v) is 4.12. The van der Waals surface area contributed by atoms with Gasteiger partial charge >= 0.3 is 0 Å². The first-order chi connectivity index (χ1) is 11.4. The lowest BCUT2D eigenvalue weighted by Crippen LogP contribution is -2.44. The van der Waals surface area contributed by atoms with Gasteiger partial charge in [0.15, 0.2) is 5.82 Å². The predicted octanol–water partition coefficient (Wildman–Crippen LogP) is 2.53. The second-order valence-electron chi connectivity index (χ2n) is 5.81. The van der Waals surface area contributed by atoms with Gasteiger partial charge in [-0.05, 0) is 23.8 Å². The van der Waals surface area contributed by atoms with Crippen LogP contribution in [-0.4, -0.2) is 37.9 Å². The quantitative estimate of drug-likeness (QED) is 0.741. The van der Waals surface area contributed by atoms with Crippen molar-refractivity contribution in [2.45, 2.75) is 12.5 Å². The molecule has 1 saturated heterocycles. The summed E-state index contributed by atoms with van der Waals surface area (Å²) in [4.78, 5) is 19.7. The summed E-state index contributed by atoms with van der Waals surface area (Å²) < 4.78 is 0. The van der Waals surface area contributed by atoms with Gasteiger partial charge in [0.2, 0.25) is 0 Å². The Bertz CT molecular complexity index is 752. The summed E-state index contributed by atoms with van der Waals surface area (Å²) in [6, 6.07) is 9.91. The van der Waals surface area contributed by atoms with Crippen LogP contribution in [0.4, 0.5) is 0 Å². The van der Waals surface area contributed by atoms with Crippen molar-refractivity contribution < 1.29 is 0 Å². The fourth-order valence-corrected chi connectivity index (χ4v) is 2.85. The molecule has 0 aliphatic carbocycles. The third kappa shape index (κ3) is 3.10. The number of nitrogens with zero attached hydrogens (tertiary/aromatic N) is 5. The van der Waals surface area contributed by atoms with E-state index in [0.29, 0.717) is 11.7 Å². The lowest BCUT2D eigenvalue weighted by atomic mass is 9.92. The molecule has 1 aliphatic rings. The molecule has 0 N–H and O–H groups in total. The van der Waals surface area contributed by atoms with Gasteiger partial charge in [-0.15, -0.1) is 0 Å². The third-order valence-electron chi connectivity index (χ3n) is 4.12. The molecule has 0 amide bonds. The van der Waals surface area contributed by atoms with Crippen LogP contribution in [0.5, 0.6) is 0 Å². The molecular formula is C18H17N5. The van der Waals surface area contributed by atoms with E-state index in [2.05, 4.69) is 30.9 Å². The Morgan fingerprint density at radius 3 is 2.48 bits per heavy atom. The van der Waals surface area contributed by atoms with Crippen molar-refractivity contribution in [3.05, 3.63) is 72.4 Å². The summed E-state index contributed by atoms with van der Waals surface area (Å²) in [5.41, 5.74) is 3.26. The van der Waals surface area contributed by atoms with E-state index in [-0.39, 0.29) is 0 Å². The summed E-state index contributed by atoms with van der Waals surface area (Å²) >= 11 is 0. The van der Waals surface area contributed by atoms with Crippen LogP contribution in [0, 0.1) is 0 Å². The van der Waals surface area contributed by atoms with Crippen molar-refractivity contribution in [3.8, 4) is 11.5 Å². The average molecular weight is 303 g/mol. The van der Waals surface area contributed by atoms with Crippen LogP contribution in [0.25, 0.3) is 11.5 Å². The molecule has 5 nitrogen and oxygen atoms in total. The van der Waals surface area contributed by atoms with E-state index in [1.807, 2.05) is 49.1 Å². The molecule has 5 heteroatoms. The highest BCUT2D eigenvalue weighted by Gasteiger charge is 2.28. The van der Waals surface area contributed by atoms with Gasteiger partial charge in [-0.2, -0.15) is 0 Å². The summed E-state index contributed by atoms with van der Waals surface area (Å²) in [5.74, 6) is 1.27. The molecule has 0 bridgehead atoms. The van der Waals surface area contributed by atoms with E-state index in [0.717, 1.165) is 30.9 Å². The van der Waals surface area contributed by atoms with Gasteiger partial charge in [-0.3, -0.25) is 14.9 Å². The molecule has 0 saturated carbocycles. The Morgan fingerprint density at radius 1 is 0.913 bits per heavy atom. The van der Waals surface area contributed by atoms with Crippen molar-refractivity contribution in [1.29, 1.82) is 0 Å². The van der Waals surface area contributed by atoms with E-state index in [4.69, 9.17) is 0 Å². The minimum absolute atomic E-state index is 0.595. The van der Waals surface area contributed by atoms with Gasteiger partial charge in [-0.1, -0.05) is 12.1 Å². The van der Waals surface area contributed by atoms with E-state index in [9.17, 15) is 0 Å². The molecule has 23 heavy (non-hydrogen) atoms. The second kappa shape index (κ2) is 6.22. The fraction of sp³-hybridized carbons (Fsp3) is 0.222. The Balaban J connectivity index is 1.36. The van der Waals surface area contributed by atoms with Crippen LogP contribution in [0.3, 0.4) is 0 Å². The molecule has 1 aliphatic heterocycles. The van der Waals surface area contributed by atoms with Crippen molar-refractivity contribution >= 4 is 0 Å². The largest absolute Gasteiger partial charge is 0.298 e. The smallest absolute Gasteiger partial charge is 0.178 e. The first-order valence-corrected chi connectivity index (χ1v) is 7.73. The van der Waals surface area contributed by atoms with Gasteiger partial charge in [0.1, 0.15) is 5.69 Å². The molecule has 4 heterocycles. The minimum atomic E-state index is 0.595. The van der Waals surface area contributed by atoms with Gasteiger partial charge in [0.05, 0.1) is 0 Å². The maximum absolute atomic E-state index is 4.43. The summed E-state index contributed by atoms with van der Waals surface area (Å²) in [5, 5.41) is 0. The summed E-state index contributed by atoms with van der Waals surface area (Å²) in [7, 11) is 0. The van der Waals surface area contributed by atoms with Crippen LogP contribution in [-0.2, 0) is 6.54 Å². The molecule has 0 atom stereocenters. The van der Waals surface area contributed by atoms with E-state index >= 15 is 0 Å². The van der Waals surface area contributed by atoms with E-state index in [1.165, 1.54) is 5.56 Å². The van der Waals surface area contributed by atoms with Crippen LogP contribution >= 0.6 is 0 Å². The van der Waals surface area contributed by atoms with Crippen LogP contribution in [0.1, 0.15) is 17.0 Å². The second-order valence-corrected chi connectivity index (χ2v) is 5.81. The number of hydrogen-bond donors (Lipinski definition) is 0. The SMILES string of the molecule is c1ccc(-c2ncc(CN3CC(c4cccnc4)C3)cn2)nc1. The maximum atomic E-state index is 4.43. The van der Waals surface area contributed by atoms with E-state index < -0.39 is 0 Å². The van der Waals surface area contributed by atoms with Crippen LogP contribution in [0.15, 0.2) is 61.3 Å². The highest BCUT2D eigenvalue weighted by molar-refractivity contribution is 5.47. The molecule has 0 radical (unpaired) electrons. The zero-order chi connectivity index (χ0) is 15.5. The molecular weight excluding hydrogens is 286 g/mol. The highest BCUT2D eigenvalue weighted by atomic mass is 15.2. The molecule has 114 valence electrons. The van der Waals surface area contributed by atoms with Crippen molar-refractivity contribution in [3.63, 3.8) is 0 Å². The van der Waals surface area contributed by atoms with Gasteiger partial charge in [0, 0.05) is 62.1 Å². The molecule has 1 fully saturated rings. The highest BCUT2D eigenvalue weighted by Crippen LogP contribution is 2.27. The summed E-state index contributed by atoms with van der Waals surface area (Å²) in [6.07, 6.45) is 9.33. The average Bonchev–Trinajstić information content (AvgIpc) is 2.60. The molecule has 3 aromatic heterocycles. The van der Waals surface area contributed by atoms with Crippen LogP contribution < -0.4 is 0 Å². The number of pyridine rings is 2. The standard InChI is InChI=1S/C18H17N5/c1-2-7-20-17(5-1)18-21-8-14(9-22-18)11-23-12-16(13-23)15-4-3-6-19-10-15/h1-10,16H,11-13H2. The van der Waals surface area contributed by atoms with Crippen molar-refractivity contribution in [2.24, 2.45) is 0 Å². The minimum Gasteiger partial charge on any atom is -0.298 e. The lowest BCUT2D eigenvalue weighted by molar-refractivity contribution is 0.139. The summed E-state index contributed by atoms with van der Waals surface area (Å²) in [6.45, 7) is 3.01. The number of rotatable bonds is 4. The molecule has 0 aromatic carbocycles. The van der Waals surface area contributed by atoms with Gasteiger partial charge in [0.25, 0.3) is 0 Å². The first kappa shape index (κ1) is 14.0. The normalized spacial score (nSPS) is 15.3. The first-order valence-electron chi connectivity index (χ1n) is 7.73. The molecule has 0 spiro atoms. The Morgan fingerprint density at radius 2 is 1.78 bits per heavy atom. The zero-order valence-corrected chi connectivity index (χ0v) is 12.7. The van der Waals surface area contributed by atoms with Gasteiger partial charge < -0.3 is 0 Å². The van der Waals surface area contributed by atoms with Crippen molar-refractivity contribution in [1.82, 2.24) is 24.8 Å².